The summed E-state index contributed by atoms with van der Waals surface area (Å²) in [5, 5.41) is 18.2. The zero-order chi connectivity index (χ0) is 19.4. The smallest absolute Gasteiger partial charge is 0.312 e. The Bertz CT molecular complexity index is 793. The van der Waals surface area contributed by atoms with Crippen LogP contribution in [0.4, 0.5) is 5.69 Å². The van der Waals surface area contributed by atoms with Crippen molar-refractivity contribution < 1.29 is 14.1 Å². The lowest BCUT2D eigenvalue weighted by Gasteiger charge is -2.33. The van der Waals surface area contributed by atoms with Gasteiger partial charge in [0.15, 0.2) is 0 Å². The molecule has 1 fully saturated rings. The van der Waals surface area contributed by atoms with E-state index in [2.05, 4.69) is 15.3 Å². The summed E-state index contributed by atoms with van der Waals surface area (Å²) in [5.74, 6) is 0.600. The number of aromatic nitrogens is 2. The summed E-state index contributed by atoms with van der Waals surface area (Å²) in [7, 11) is 0. The SMILES string of the molecule is Cc1nn(CC(=O)NCC(c2ccco2)N2CCCCC2)c(C)c1[N+](=O)[O-]. The number of rotatable bonds is 7. The summed E-state index contributed by atoms with van der Waals surface area (Å²) in [6, 6.07) is 3.76. The van der Waals surface area contributed by atoms with Crippen LogP contribution in [0, 0.1) is 24.0 Å². The highest BCUT2D eigenvalue weighted by atomic mass is 16.6. The first-order valence-corrected chi connectivity index (χ1v) is 9.20. The second-order valence-corrected chi connectivity index (χ2v) is 6.87. The quantitative estimate of drug-likeness (QED) is 0.588. The van der Waals surface area contributed by atoms with Gasteiger partial charge in [-0.15, -0.1) is 0 Å². The molecule has 146 valence electrons. The molecule has 9 heteroatoms. The van der Waals surface area contributed by atoms with Gasteiger partial charge in [-0.1, -0.05) is 6.42 Å². The van der Waals surface area contributed by atoms with E-state index in [4.69, 9.17) is 4.42 Å². The first kappa shape index (κ1) is 19.1. The van der Waals surface area contributed by atoms with Gasteiger partial charge in [0.2, 0.25) is 5.91 Å². The molecule has 0 saturated carbocycles. The van der Waals surface area contributed by atoms with Gasteiger partial charge < -0.3 is 9.73 Å². The van der Waals surface area contributed by atoms with Crippen LogP contribution in [0.5, 0.6) is 0 Å². The highest BCUT2D eigenvalue weighted by Crippen LogP contribution is 2.25. The monoisotopic (exact) mass is 375 g/mol. The molecule has 1 atom stereocenters. The van der Waals surface area contributed by atoms with Crippen LogP contribution in [0.2, 0.25) is 0 Å². The Morgan fingerprint density at radius 2 is 2.11 bits per heavy atom. The molecule has 0 bridgehead atoms. The first-order chi connectivity index (χ1) is 13.0. The number of hydrogen-bond donors (Lipinski definition) is 1. The summed E-state index contributed by atoms with van der Waals surface area (Å²) in [6.07, 6.45) is 5.15. The molecule has 1 unspecified atom stereocenters. The molecule has 3 heterocycles. The molecular weight excluding hydrogens is 350 g/mol. The highest BCUT2D eigenvalue weighted by Gasteiger charge is 2.26. The van der Waals surface area contributed by atoms with Crippen LogP contribution in [0.15, 0.2) is 22.8 Å². The van der Waals surface area contributed by atoms with Gasteiger partial charge in [-0.3, -0.25) is 24.5 Å². The lowest BCUT2D eigenvalue weighted by molar-refractivity contribution is -0.386. The van der Waals surface area contributed by atoms with Gasteiger partial charge in [0.1, 0.15) is 23.7 Å². The van der Waals surface area contributed by atoms with Crippen LogP contribution in [0.25, 0.3) is 0 Å². The maximum Gasteiger partial charge on any atom is 0.312 e. The zero-order valence-corrected chi connectivity index (χ0v) is 15.7. The molecule has 9 nitrogen and oxygen atoms in total. The molecule has 1 aliphatic rings. The van der Waals surface area contributed by atoms with Crippen molar-refractivity contribution in [3.63, 3.8) is 0 Å². The van der Waals surface area contributed by atoms with Crippen molar-refractivity contribution in [2.24, 2.45) is 0 Å². The number of amides is 1. The van der Waals surface area contributed by atoms with Crippen LogP contribution >= 0.6 is 0 Å². The Morgan fingerprint density at radius 1 is 1.37 bits per heavy atom. The van der Waals surface area contributed by atoms with Gasteiger partial charge in [0.25, 0.3) is 0 Å². The molecule has 0 aliphatic carbocycles. The first-order valence-electron chi connectivity index (χ1n) is 9.20. The second-order valence-electron chi connectivity index (χ2n) is 6.87. The number of hydrogen-bond acceptors (Lipinski definition) is 6. The number of furan rings is 1. The van der Waals surface area contributed by atoms with E-state index in [1.807, 2.05) is 12.1 Å². The highest BCUT2D eigenvalue weighted by molar-refractivity contribution is 5.75. The van der Waals surface area contributed by atoms with Gasteiger partial charge >= 0.3 is 5.69 Å². The standard InChI is InChI=1S/C18H25N5O4/c1-13-18(23(25)26)14(2)22(20-13)12-17(24)19-11-15(16-7-6-10-27-16)21-8-4-3-5-9-21/h6-7,10,15H,3-5,8-9,11-12H2,1-2H3,(H,19,24). The molecule has 0 aromatic carbocycles. The Labute approximate surface area is 157 Å². The van der Waals surface area contributed by atoms with E-state index in [9.17, 15) is 14.9 Å². The fourth-order valence-corrected chi connectivity index (χ4v) is 3.63. The molecule has 2 aromatic heterocycles. The maximum atomic E-state index is 12.4. The summed E-state index contributed by atoms with van der Waals surface area (Å²) >= 11 is 0. The summed E-state index contributed by atoms with van der Waals surface area (Å²) < 4.78 is 6.96. The average molecular weight is 375 g/mol. The molecule has 0 spiro atoms. The van der Waals surface area contributed by atoms with Crippen molar-refractivity contribution in [1.29, 1.82) is 0 Å². The van der Waals surface area contributed by atoms with Crippen molar-refractivity contribution in [3.8, 4) is 0 Å². The number of carbonyl (C=O) groups excluding carboxylic acids is 1. The number of piperidine rings is 1. The molecule has 1 amide bonds. The lowest BCUT2D eigenvalue weighted by Crippen LogP contribution is -2.41. The van der Waals surface area contributed by atoms with E-state index in [-0.39, 0.29) is 24.2 Å². The Hall–Kier alpha value is -2.68. The number of nitro groups is 1. The van der Waals surface area contributed by atoms with Crippen LogP contribution in [-0.2, 0) is 11.3 Å². The minimum atomic E-state index is -0.463. The molecule has 1 N–H and O–H groups in total. The van der Waals surface area contributed by atoms with E-state index >= 15 is 0 Å². The Morgan fingerprint density at radius 3 is 2.70 bits per heavy atom. The van der Waals surface area contributed by atoms with Crippen molar-refractivity contribution in [2.45, 2.75) is 45.7 Å². The maximum absolute atomic E-state index is 12.4. The number of nitrogens with one attached hydrogen (secondary N) is 1. The minimum Gasteiger partial charge on any atom is -0.468 e. The summed E-state index contributed by atoms with van der Waals surface area (Å²) in [6.45, 7) is 5.50. The van der Waals surface area contributed by atoms with E-state index in [0.717, 1.165) is 31.7 Å². The predicted octanol–water partition coefficient (Wildman–Crippen LogP) is 2.34. The van der Waals surface area contributed by atoms with Crippen molar-refractivity contribution >= 4 is 11.6 Å². The minimum absolute atomic E-state index is 0.0148. The largest absolute Gasteiger partial charge is 0.468 e. The van der Waals surface area contributed by atoms with Crippen molar-refractivity contribution in [1.82, 2.24) is 20.0 Å². The molecule has 2 aromatic rings. The fraction of sp³-hybridized carbons (Fsp3) is 0.556. The fourth-order valence-electron chi connectivity index (χ4n) is 3.63. The van der Waals surface area contributed by atoms with Crippen LogP contribution in [-0.4, -0.2) is 45.1 Å². The Balaban J connectivity index is 1.64. The summed E-state index contributed by atoms with van der Waals surface area (Å²) in [5.41, 5.74) is 0.655. The van der Waals surface area contributed by atoms with Gasteiger partial charge in [0.05, 0.1) is 17.2 Å². The summed E-state index contributed by atoms with van der Waals surface area (Å²) in [4.78, 5) is 25.4. The molecular formula is C18H25N5O4. The van der Waals surface area contributed by atoms with Crippen LogP contribution < -0.4 is 5.32 Å². The van der Waals surface area contributed by atoms with E-state index in [1.165, 1.54) is 11.1 Å². The van der Waals surface area contributed by atoms with Gasteiger partial charge in [-0.25, -0.2) is 0 Å². The second kappa shape index (κ2) is 8.34. The number of likely N-dealkylation sites (tertiary alicyclic amines) is 1. The van der Waals surface area contributed by atoms with Gasteiger partial charge in [0, 0.05) is 6.54 Å². The molecule has 27 heavy (non-hydrogen) atoms. The molecule has 1 aliphatic heterocycles. The third kappa shape index (κ3) is 4.36. The third-order valence-corrected chi connectivity index (χ3v) is 5.01. The lowest BCUT2D eigenvalue weighted by atomic mass is 10.1. The molecule has 1 saturated heterocycles. The van der Waals surface area contributed by atoms with Crippen LogP contribution in [0.1, 0.15) is 42.5 Å². The Kier molecular flexibility index (Phi) is 5.90. The number of carbonyl (C=O) groups is 1. The normalized spacial score (nSPS) is 16.2. The van der Waals surface area contributed by atoms with E-state index in [1.54, 1.807) is 20.1 Å². The van der Waals surface area contributed by atoms with Crippen LogP contribution in [0.3, 0.4) is 0 Å². The zero-order valence-electron chi connectivity index (χ0n) is 15.7. The number of nitrogens with zero attached hydrogens (tertiary/aromatic N) is 4. The topological polar surface area (TPSA) is 106 Å². The molecule has 3 rings (SSSR count). The average Bonchev–Trinajstić information content (AvgIpc) is 3.25. The third-order valence-electron chi connectivity index (χ3n) is 5.01. The van der Waals surface area contributed by atoms with Crippen molar-refractivity contribution in [3.05, 3.63) is 45.7 Å². The molecule has 0 radical (unpaired) electrons. The van der Waals surface area contributed by atoms with E-state index < -0.39 is 4.92 Å². The predicted molar refractivity (Wildman–Crippen MR) is 98.2 cm³/mol. The van der Waals surface area contributed by atoms with Crippen molar-refractivity contribution in [2.75, 3.05) is 19.6 Å². The van der Waals surface area contributed by atoms with E-state index in [0.29, 0.717) is 17.9 Å². The van der Waals surface area contributed by atoms with Gasteiger partial charge in [-0.05, 0) is 51.9 Å². The van der Waals surface area contributed by atoms with Gasteiger partial charge in [-0.2, -0.15) is 5.10 Å². The number of aryl methyl sites for hydroxylation is 1.